The van der Waals surface area contributed by atoms with Gasteiger partial charge < -0.3 is 13.9 Å². The number of carbonyl (C=O) groups is 1. The molecule has 168 valence electrons. The van der Waals surface area contributed by atoms with Crippen molar-refractivity contribution in [3.63, 3.8) is 0 Å². The van der Waals surface area contributed by atoms with Gasteiger partial charge in [-0.25, -0.2) is 4.98 Å². The highest BCUT2D eigenvalue weighted by molar-refractivity contribution is 9.10. The van der Waals surface area contributed by atoms with Gasteiger partial charge in [0.2, 0.25) is 5.76 Å². The van der Waals surface area contributed by atoms with E-state index in [1.165, 1.54) is 16.2 Å². The number of halogens is 1. The second kappa shape index (κ2) is 8.00. The van der Waals surface area contributed by atoms with Gasteiger partial charge in [-0.3, -0.25) is 14.5 Å². The third kappa shape index (κ3) is 3.34. The molecule has 0 N–H and O–H groups in total. The van der Waals surface area contributed by atoms with Crippen LogP contribution < -0.4 is 19.8 Å². The molecule has 2 aromatic heterocycles. The molecule has 0 bridgehead atoms. The third-order valence-corrected chi connectivity index (χ3v) is 7.35. The molecule has 0 aliphatic carbocycles. The van der Waals surface area contributed by atoms with Crippen LogP contribution >= 0.6 is 27.3 Å². The van der Waals surface area contributed by atoms with Crippen molar-refractivity contribution in [1.82, 2.24) is 4.98 Å². The fourth-order valence-corrected chi connectivity index (χ4v) is 5.35. The lowest BCUT2D eigenvalue weighted by Gasteiger charge is -2.24. The number of thiazole rings is 1. The van der Waals surface area contributed by atoms with E-state index < -0.39 is 11.9 Å². The minimum Gasteiger partial charge on any atom is -0.497 e. The minimum atomic E-state index is -0.790. The molecule has 4 aromatic rings. The number of hydrogen-bond acceptors (Lipinski definition) is 7. The van der Waals surface area contributed by atoms with Crippen LogP contribution in [0.1, 0.15) is 38.3 Å². The number of ether oxygens (including phenoxy) is 2. The van der Waals surface area contributed by atoms with Crippen LogP contribution in [-0.2, 0) is 0 Å². The van der Waals surface area contributed by atoms with Gasteiger partial charge in [-0.2, -0.15) is 0 Å². The zero-order valence-corrected chi connectivity index (χ0v) is 20.7. The van der Waals surface area contributed by atoms with Gasteiger partial charge in [-0.1, -0.05) is 15.9 Å². The number of methoxy groups -OCH3 is 2. The van der Waals surface area contributed by atoms with E-state index in [0.717, 1.165) is 15.0 Å². The molecule has 0 saturated heterocycles. The van der Waals surface area contributed by atoms with Crippen LogP contribution in [0.5, 0.6) is 11.5 Å². The van der Waals surface area contributed by atoms with Gasteiger partial charge in [0.05, 0.1) is 30.9 Å². The predicted molar refractivity (Wildman–Crippen MR) is 130 cm³/mol. The van der Waals surface area contributed by atoms with E-state index in [2.05, 4.69) is 20.9 Å². The fourth-order valence-electron chi connectivity index (χ4n) is 4.05. The van der Waals surface area contributed by atoms with Gasteiger partial charge >= 0.3 is 0 Å². The quantitative estimate of drug-likeness (QED) is 0.354. The molecule has 5 rings (SSSR count). The lowest BCUT2D eigenvalue weighted by molar-refractivity contribution is 0.0970. The van der Waals surface area contributed by atoms with Crippen LogP contribution in [0.15, 0.2) is 50.1 Å². The Hall–Kier alpha value is -3.17. The van der Waals surface area contributed by atoms with Gasteiger partial charge in [0, 0.05) is 14.9 Å². The summed E-state index contributed by atoms with van der Waals surface area (Å²) in [6, 6.07) is 9.65. The van der Waals surface area contributed by atoms with Crippen LogP contribution in [0, 0.1) is 13.8 Å². The number of amides is 1. The molecule has 1 aliphatic rings. The maximum absolute atomic E-state index is 13.8. The Bertz CT molecular complexity index is 1470. The molecule has 0 saturated carbocycles. The maximum atomic E-state index is 13.8. The summed E-state index contributed by atoms with van der Waals surface area (Å²) in [5.41, 5.74) is 1.76. The van der Waals surface area contributed by atoms with Crippen molar-refractivity contribution < 1.29 is 18.7 Å². The normalized spacial score (nSPS) is 15.2. The summed E-state index contributed by atoms with van der Waals surface area (Å²) in [6.07, 6.45) is 0. The molecule has 33 heavy (non-hydrogen) atoms. The summed E-state index contributed by atoms with van der Waals surface area (Å²) in [5.74, 6) is 0.682. The molecule has 2 aromatic carbocycles. The van der Waals surface area contributed by atoms with E-state index >= 15 is 0 Å². The average Bonchev–Trinajstić information content (AvgIpc) is 3.29. The smallest absolute Gasteiger partial charge is 0.297 e. The van der Waals surface area contributed by atoms with E-state index in [-0.39, 0.29) is 16.8 Å². The molecular formula is C24H19BrN2O5S. The molecule has 1 atom stereocenters. The standard InChI is InChI=1S/C24H19BrN2O5S/c1-11-12(2)33-24(26-11)27-20(15-10-14(30-3)6-8-17(15)31-4)19-21(28)16-9-13(25)5-7-18(16)32-22(19)23(27)29/h5-10,20H,1-4H3/t20-/m1/s1. The van der Waals surface area contributed by atoms with Crippen molar-refractivity contribution in [1.29, 1.82) is 0 Å². The topological polar surface area (TPSA) is 81.9 Å². The molecule has 0 unspecified atom stereocenters. The van der Waals surface area contributed by atoms with Crippen LogP contribution in [0.3, 0.4) is 0 Å². The van der Waals surface area contributed by atoms with E-state index in [0.29, 0.717) is 33.2 Å². The maximum Gasteiger partial charge on any atom is 0.297 e. The van der Waals surface area contributed by atoms with Gasteiger partial charge in [0.1, 0.15) is 23.1 Å². The van der Waals surface area contributed by atoms with E-state index in [4.69, 9.17) is 13.9 Å². The molecule has 0 spiro atoms. The minimum absolute atomic E-state index is 0.00945. The first-order chi connectivity index (χ1) is 15.8. The van der Waals surface area contributed by atoms with Crippen molar-refractivity contribution in [2.75, 3.05) is 19.1 Å². The van der Waals surface area contributed by atoms with Crippen molar-refractivity contribution >= 4 is 49.3 Å². The van der Waals surface area contributed by atoms with Crippen LogP contribution in [0.2, 0.25) is 0 Å². The Labute approximate surface area is 201 Å². The highest BCUT2D eigenvalue weighted by Gasteiger charge is 2.46. The van der Waals surface area contributed by atoms with Crippen LogP contribution in [0.25, 0.3) is 11.0 Å². The summed E-state index contributed by atoms with van der Waals surface area (Å²) in [4.78, 5) is 34.6. The molecule has 1 amide bonds. The van der Waals surface area contributed by atoms with Crippen LogP contribution in [0.4, 0.5) is 5.13 Å². The highest BCUT2D eigenvalue weighted by atomic mass is 79.9. The first kappa shape index (κ1) is 21.7. The number of benzene rings is 2. The van der Waals surface area contributed by atoms with Crippen molar-refractivity contribution in [2.45, 2.75) is 19.9 Å². The largest absolute Gasteiger partial charge is 0.497 e. The summed E-state index contributed by atoms with van der Waals surface area (Å²) in [7, 11) is 3.11. The van der Waals surface area contributed by atoms with Crippen molar-refractivity contribution in [3.05, 3.63) is 78.6 Å². The van der Waals surface area contributed by atoms with Gasteiger partial charge in [-0.05, 0) is 50.2 Å². The predicted octanol–water partition coefficient (Wildman–Crippen LogP) is 5.40. The zero-order valence-electron chi connectivity index (χ0n) is 18.3. The molecule has 0 radical (unpaired) electrons. The van der Waals surface area contributed by atoms with E-state index in [1.807, 2.05) is 13.8 Å². The van der Waals surface area contributed by atoms with Gasteiger partial charge in [-0.15, -0.1) is 11.3 Å². The van der Waals surface area contributed by atoms with E-state index in [1.54, 1.807) is 50.6 Å². The first-order valence-corrected chi connectivity index (χ1v) is 11.7. The molecule has 3 heterocycles. The Kier molecular flexibility index (Phi) is 5.25. The Balaban J connectivity index is 1.86. The third-order valence-electron chi connectivity index (χ3n) is 5.79. The van der Waals surface area contributed by atoms with E-state index in [9.17, 15) is 9.59 Å². The Morgan fingerprint density at radius 1 is 1.09 bits per heavy atom. The lowest BCUT2D eigenvalue weighted by atomic mass is 9.97. The zero-order chi connectivity index (χ0) is 23.4. The number of anilines is 1. The van der Waals surface area contributed by atoms with Crippen molar-refractivity contribution in [3.8, 4) is 11.5 Å². The summed E-state index contributed by atoms with van der Waals surface area (Å²) in [5, 5.41) is 0.872. The molecular weight excluding hydrogens is 508 g/mol. The SMILES string of the molecule is COc1ccc(OC)c([C@@H]2c3c(oc4ccc(Br)cc4c3=O)C(=O)N2c2nc(C)c(C)s2)c1. The molecule has 0 fully saturated rings. The van der Waals surface area contributed by atoms with Crippen LogP contribution in [-0.4, -0.2) is 25.1 Å². The fraction of sp³-hybridized carbons (Fsp3) is 0.208. The summed E-state index contributed by atoms with van der Waals surface area (Å²) >= 11 is 4.81. The number of carbonyl (C=O) groups excluding carboxylic acids is 1. The van der Waals surface area contributed by atoms with Gasteiger partial charge in [0.25, 0.3) is 5.91 Å². The Morgan fingerprint density at radius 3 is 2.55 bits per heavy atom. The van der Waals surface area contributed by atoms with Crippen molar-refractivity contribution in [2.24, 2.45) is 0 Å². The number of aryl methyl sites for hydroxylation is 2. The summed E-state index contributed by atoms with van der Waals surface area (Å²) < 4.78 is 17.8. The molecule has 9 heteroatoms. The second-order valence-corrected chi connectivity index (χ2v) is 9.74. The molecule has 7 nitrogen and oxygen atoms in total. The number of fused-ring (bicyclic) bond motifs is 2. The number of aromatic nitrogens is 1. The monoisotopic (exact) mass is 526 g/mol. The summed E-state index contributed by atoms with van der Waals surface area (Å²) in [6.45, 7) is 3.83. The average molecular weight is 527 g/mol. The second-order valence-electron chi connectivity index (χ2n) is 7.64. The highest BCUT2D eigenvalue weighted by Crippen LogP contribution is 2.46. The number of rotatable bonds is 4. The molecule has 1 aliphatic heterocycles. The Morgan fingerprint density at radius 2 is 1.88 bits per heavy atom. The number of hydrogen-bond donors (Lipinski definition) is 0. The lowest BCUT2D eigenvalue weighted by Crippen LogP contribution is -2.29. The first-order valence-electron chi connectivity index (χ1n) is 10.1. The number of nitrogens with zero attached hydrogens (tertiary/aromatic N) is 2. The van der Waals surface area contributed by atoms with Gasteiger partial charge in [0.15, 0.2) is 10.6 Å².